The molecule has 1 fully saturated rings. The minimum atomic E-state index is -0.398. The van der Waals surface area contributed by atoms with E-state index >= 15 is 0 Å². The van der Waals surface area contributed by atoms with Gasteiger partial charge in [0.2, 0.25) is 11.8 Å². The Bertz CT molecular complexity index is 1060. The molecule has 0 saturated carbocycles. The Balaban J connectivity index is 1.73. The molecule has 1 unspecified atom stereocenters. The summed E-state index contributed by atoms with van der Waals surface area (Å²) in [5.74, 6) is -0.404. The van der Waals surface area contributed by atoms with Gasteiger partial charge in [-0.3, -0.25) is 19.1 Å². The third-order valence-electron chi connectivity index (χ3n) is 6.22. The highest BCUT2D eigenvalue weighted by atomic mass is 19.1. The largest absolute Gasteiger partial charge is 0.356 e. The van der Waals surface area contributed by atoms with Gasteiger partial charge in [0.25, 0.3) is 0 Å². The number of unbranched alkanes of at least 4 members (excludes halogenated alkanes) is 1. The number of amides is 2. The minimum Gasteiger partial charge on any atom is -0.356 e. The van der Waals surface area contributed by atoms with Crippen LogP contribution in [0.4, 0.5) is 10.2 Å². The first-order valence-corrected chi connectivity index (χ1v) is 11.5. The summed E-state index contributed by atoms with van der Waals surface area (Å²) >= 11 is 0. The van der Waals surface area contributed by atoms with E-state index in [1.54, 1.807) is 16.7 Å². The Morgan fingerprint density at radius 2 is 2.09 bits per heavy atom. The highest BCUT2D eigenvalue weighted by Gasteiger charge is 2.27. The van der Waals surface area contributed by atoms with Gasteiger partial charge in [-0.2, -0.15) is 5.26 Å². The van der Waals surface area contributed by atoms with E-state index in [-0.39, 0.29) is 24.3 Å². The number of halogens is 1. The van der Waals surface area contributed by atoms with Gasteiger partial charge in [-0.1, -0.05) is 19.4 Å². The maximum Gasteiger partial charge on any atom is 0.239 e. The Kier molecular flexibility index (Phi) is 8.23. The molecule has 0 spiro atoms. The van der Waals surface area contributed by atoms with Crippen molar-refractivity contribution in [2.75, 3.05) is 31.5 Å². The van der Waals surface area contributed by atoms with Gasteiger partial charge in [0.1, 0.15) is 17.7 Å². The fourth-order valence-corrected chi connectivity index (χ4v) is 4.32. The van der Waals surface area contributed by atoms with Crippen molar-refractivity contribution in [2.45, 2.75) is 46.5 Å². The molecule has 176 valence electrons. The molecule has 1 saturated heterocycles. The SMILES string of the molecule is CCCCNC(=O)C1CCCN(CC(=O)Nc2c(C#N)c(C)c(C)n2-c2cccc(F)c2)C1. The summed E-state index contributed by atoms with van der Waals surface area (Å²) in [4.78, 5) is 27.4. The summed E-state index contributed by atoms with van der Waals surface area (Å²) in [7, 11) is 0. The van der Waals surface area contributed by atoms with Crippen molar-refractivity contribution in [1.82, 2.24) is 14.8 Å². The Hall–Kier alpha value is -3.18. The van der Waals surface area contributed by atoms with Crippen molar-refractivity contribution in [3.8, 4) is 11.8 Å². The predicted octanol–water partition coefficient (Wildman–Crippen LogP) is 3.67. The lowest BCUT2D eigenvalue weighted by Gasteiger charge is -2.31. The number of hydrogen-bond donors (Lipinski definition) is 2. The molecular weight excluding hydrogens is 421 g/mol. The standard InChI is InChI=1S/C25H32FN5O2/c1-4-5-11-28-25(33)19-8-7-12-30(15-19)16-23(32)29-24-22(14-27)17(2)18(3)31(24)21-10-6-9-20(26)13-21/h6,9-10,13,19H,4-5,7-8,11-12,15-16H2,1-3H3,(H,28,33)(H,29,32). The second-order valence-corrected chi connectivity index (χ2v) is 8.63. The van der Waals surface area contributed by atoms with Crippen LogP contribution in [0.5, 0.6) is 0 Å². The van der Waals surface area contributed by atoms with E-state index in [4.69, 9.17) is 0 Å². The van der Waals surface area contributed by atoms with E-state index in [9.17, 15) is 19.2 Å². The fourth-order valence-electron chi connectivity index (χ4n) is 4.32. The number of nitrogens with zero attached hydrogens (tertiary/aromatic N) is 3. The quantitative estimate of drug-likeness (QED) is 0.597. The molecule has 1 atom stereocenters. The smallest absolute Gasteiger partial charge is 0.239 e. The third-order valence-corrected chi connectivity index (χ3v) is 6.22. The molecule has 0 bridgehead atoms. The van der Waals surface area contributed by atoms with E-state index in [1.165, 1.54) is 12.1 Å². The van der Waals surface area contributed by atoms with Gasteiger partial charge < -0.3 is 10.6 Å². The van der Waals surface area contributed by atoms with Crippen LogP contribution in [0.3, 0.4) is 0 Å². The van der Waals surface area contributed by atoms with E-state index in [1.807, 2.05) is 18.7 Å². The van der Waals surface area contributed by atoms with Gasteiger partial charge in [0.15, 0.2) is 0 Å². The van der Waals surface area contributed by atoms with Crippen LogP contribution in [0.2, 0.25) is 0 Å². The molecule has 0 radical (unpaired) electrons. The number of nitriles is 1. The summed E-state index contributed by atoms with van der Waals surface area (Å²) in [6.07, 6.45) is 3.64. The molecule has 1 aliphatic rings. The molecule has 0 aliphatic carbocycles. The first-order valence-electron chi connectivity index (χ1n) is 11.5. The van der Waals surface area contributed by atoms with Gasteiger partial charge in [0.05, 0.1) is 23.7 Å². The van der Waals surface area contributed by atoms with Gasteiger partial charge >= 0.3 is 0 Å². The molecule has 3 rings (SSSR count). The van der Waals surface area contributed by atoms with Gasteiger partial charge in [-0.05, 0) is 63.4 Å². The van der Waals surface area contributed by atoms with Crippen molar-refractivity contribution in [1.29, 1.82) is 5.26 Å². The van der Waals surface area contributed by atoms with Crippen molar-refractivity contribution in [3.63, 3.8) is 0 Å². The zero-order valence-electron chi connectivity index (χ0n) is 19.6. The first kappa shape index (κ1) is 24.5. The van der Waals surface area contributed by atoms with Gasteiger partial charge in [-0.15, -0.1) is 0 Å². The molecule has 2 heterocycles. The van der Waals surface area contributed by atoms with Crippen LogP contribution in [0, 0.1) is 36.9 Å². The summed E-state index contributed by atoms with van der Waals surface area (Å²) in [5.41, 5.74) is 2.39. The molecule has 1 aromatic carbocycles. The van der Waals surface area contributed by atoms with Crippen LogP contribution in [0.25, 0.3) is 5.69 Å². The zero-order chi connectivity index (χ0) is 24.0. The van der Waals surface area contributed by atoms with E-state index in [0.29, 0.717) is 30.2 Å². The lowest BCUT2D eigenvalue weighted by Crippen LogP contribution is -2.45. The first-order chi connectivity index (χ1) is 15.8. The summed E-state index contributed by atoms with van der Waals surface area (Å²) in [5, 5.41) is 15.6. The van der Waals surface area contributed by atoms with Gasteiger partial charge in [-0.25, -0.2) is 4.39 Å². The van der Waals surface area contributed by atoms with Crippen LogP contribution in [-0.2, 0) is 9.59 Å². The van der Waals surface area contributed by atoms with Crippen LogP contribution >= 0.6 is 0 Å². The highest BCUT2D eigenvalue weighted by Crippen LogP contribution is 2.30. The monoisotopic (exact) mass is 453 g/mol. The lowest BCUT2D eigenvalue weighted by atomic mass is 9.97. The zero-order valence-corrected chi connectivity index (χ0v) is 19.6. The molecule has 1 aliphatic heterocycles. The number of nitrogens with one attached hydrogen (secondary N) is 2. The number of likely N-dealkylation sites (tertiary alicyclic amines) is 1. The molecule has 8 heteroatoms. The average Bonchev–Trinajstić information content (AvgIpc) is 3.02. The third kappa shape index (κ3) is 5.79. The number of rotatable bonds is 8. The van der Waals surface area contributed by atoms with E-state index < -0.39 is 5.82 Å². The Morgan fingerprint density at radius 1 is 1.30 bits per heavy atom. The maximum atomic E-state index is 13.9. The fraction of sp³-hybridized carbons (Fsp3) is 0.480. The number of carbonyl (C=O) groups is 2. The van der Waals surface area contributed by atoms with Crippen molar-refractivity contribution < 1.29 is 14.0 Å². The number of carbonyl (C=O) groups excluding carboxylic acids is 2. The van der Waals surface area contributed by atoms with Crippen molar-refractivity contribution in [2.24, 2.45) is 5.92 Å². The molecule has 7 nitrogen and oxygen atoms in total. The Morgan fingerprint density at radius 3 is 2.79 bits per heavy atom. The average molecular weight is 454 g/mol. The number of aromatic nitrogens is 1. The molecule has 33 heavy (non-hydrogen) atoms. The lowest BCUT2D eigenvalue weighted by molar-refractivity contribution is -0.128. The van der Waals surface area contributed by atoms with E-state index in [0.717, 1.165) is 43.5 Å². The summed E-state index contributed by atoms with van der Waals surface area (Å²) in [6, 6.07) is 8.22. The topological polar surface area (TPSA) is 90.2 Å². The van der Waals surface area contributed by atoms with E-state index in [2.05, 4.69) is 23.6 Å². The number of hydrogen-bond acceptors (Lipinski definition) is 4. The summed E-state index contributed by atoms with van der Waals surface area (Å²) < 4.78 is 15.6. The number of anilines is 1. The minimum absolute atomic E-state index is 0.0477. The van der Waals surface area contributed by atoms with Crippen LogP contribution in [0.1, 0.15) is 49.4 Å². The summed E-state index contributed by atoms with van der Waals surface area (Å²) in [6.45, 7) is 7.79. The molecule has 1 aromatic heterocycles. The van der Waals surface area contributed by atoms with Crippen LogP contribution in [0.15, 0.2) is 24.3 Å². The normalized spacial score (nSPS) is 16.3. The molecule has 2 aromatic rings. The Labute approximate surface area is 194 Å². The molecular formula is C25H32FN5O2. The van der Waals surface area contributed by atoms with Crippen molar-refractivity contribution in [3.05, 3.63) is 46.9 Å². The second-order valence-electron chi connectivity index (χ2n) is 8.63. The highest BCUT2D eigenvalue weighted by molar-refractivity contribution is 5.93. The maximum absolute atomic E-state index is 13.9. The van der Waals surface area contributed by atoms with Crippen molar-refractivity contribution >= 4 is 17.6 Å². The molecule has 2 N–H and O–H groups in total. The predicted molar refractivity (Wildman–Crippen MR) is 126 cm³/mol. The number of piperidine rings is 1. The van der Waals surface area contributed by atoms with Crippen LogP contribution in [-0.4, -0.2) is 47.5 Å². The van der Waals surface area contributed by atoms with Crippen LogP contribution < -0.4 is 10.6 Å². The second kappa shape index (κ2) is 11.1. The number of benzene rings is 1. The van der Waals surface area contributed by atoms with Gasteiger partial charge in [0, 0.05) is 18.8 Å². The molecule has 2 amide bonds.